The molecule has 0 atom stereocenters. The van der Waals surface area contributed by atoms with Crippen molar-refractivity contribution in [3.8, 4) is 11.8 Å². The molecule has 0 aromatic heterocycles. The first kappa shape index (κ1) is 18.5. The molecule has 0 aliphatic carbocycles. The summed E-state index contributed by atoms with van der Waals surface area (Å²) in [6.45, 7) is 1.89. The van der Waals surface area contributed by atoms with Crippen LogP contribution in [0.25, 0.3) is 0 Å². The number of phenols is 1. The Morgan fingerprint density at radius 3 is 2.54 bits per heavy atom. The van der Waals surface area contributed by atoms with E-state index in [0.717, 1.165) is 0 Å². The molecule has 0 heterocycles. The van der Waals surface area contributed by atoms with E-state index < -0.39 is 11.9 Å². The van der Waals surface area contributed by atoms with Crippen LogP contribution in [0.3, 0.4) is 0 Å². The van der Waals surface area contributed by atoms with E-state index in [0.29, 0.717) is 5.69 Å². The van der Waals surface area contributed by atoms with Crippen LogP contribution in [-0.2, 0) is 9.53 Å². The van der Waals surface area contributed by atoms with Gasteiger partial charge in [0.15, 0.2) is 0 Å². The van der Waals surface area contributed by atoms with Crippen molar-refractivity contribution in [2.24, 2.45) is 0 Å². The summed E-state index contributed by atoms with van der Waals surface area (Å²) in [5, 5.41) is 23.8. The fourth-order valence-electron chi connectivity index (χ4n) is 2.03. The number of carbonyl (C=O) groups is 2. The number of rotatable bonds is 6. The third-order valence-corrected chi connectivity index (χ3v) is 3.29. The van der Waals surface area contributed by atoms with Crippen molar-refractivity contribution in [1.82, 2.24) is 0 Å². The van der Waals surface area contributed by atoms with Gasteiger partial charge in [0.25, 0.3) is 5.91 Å². The molecular formula is C19H17N3O4. The first-order valence-electron chi connectivity index (χ1n) is 7.78. The lowest BCUT2D eigenvalue weighted by atomic mass is 10.1. The summed E-state index contributed by atoms with van der Waals surface area (Å²) >= 11 is 0. The van der Waals surface area contributed by atoms with Crippen LogP contribution in [0.4, 0.5) is 11.4 Å². The van der Waals surface area contributed by atoms with Gasteiger partial charge in [0.05, 0.1) is 17.9 Å². The van der Waals surface area contributed by atoms with E-state index in [4.69, 9.17) is 4.74 Å². The van der Waals surface area contributed by atoms with E-state index in [1.807, 2.05) is 0 Å². The number of anilines is 2. The minimum Gasteiger partial charge on any atom is -0.508 e. The molecule has 2 aromatic rings. The molecule has 7 heteroatoms. The Bertz CT molecular complexity index is 867. The first-order valence-corrected chi connectivity index (χ1v) is 7.78. The third-order valence-electron chi connectivity index (χ3n) is 3.29. The van der Waals surface area contributed by atoms with Gasteiger partial charge >= 0.3 is 5.97 Å². The van der Waals surface area contributed by atoms with Crippen molar-refractivity contribution in [3.63, 3.8) is 0 Å². The summed E-state index contributed by atoms with van der Waals surface area (Å²) in [7, 11) is 0. The summed E-state index contributed by atoms with van der Waals surface area (Å²) < 4.78 is 4.95. The van der Waals surface area contributed by atoms with Gasteiger partial charge in [-0.2, -0.15) is 5.26 Å². The number of ether oxygens (including phenoxy) is 1. The van der Waals surface area contributed by atoms with Gasteiger partial charge in [-0.3, -0.25) is 4.79 Å². The highest BCUT2D eigenvalue weighted by Gasteiger charge is 2.16. The fraction of sp³-hybridized carbons (Fsp3) is 0.105. The van der Waals surface area contributed by atoms with Crippen LogP contribution in [0, 0.1) is 11.3 Å². The van der Waals surface area contributed by atoms with Crippen LogP contribution in [0.5, 0.6) is 5.75 Å². The quantitative estimate of drug-likeness (QED) is 0.319. The van der Waals surface area contributed by atoms with E-state index in [1.54, 1.807) is 43.3 Å². The van der Waals surface area contributed by atoms with Gasteiger partial charge < -0.3 is 20.5 Å². The monoisotopic (exact) mass is 351 g/mol. The molecule has 7 nitrogen and oxygen atoms in total. The van der Waals surface area contributed by atoms with Crippen LogP contribution in [0.15, 0.2) is 60.3 Å². The van der Waals surface area contributed by atoms with Crippen LogP contribution in [0.1, 0.15) is 17.3 Å². The highest BCUT2D eigenvalue weighted by molar-refractivity contribution is 6.09. The largest absolute Gasteiger partial charge is 0.508 e. The highest BCUT2D eigenvalue weighted by atomic mass is 16.5. The topological polar surface area (TPSA) is 111 Å². The summed E-state index contributed by atoms with van der Waals surface area (Å²) in [6, 6.07) is 14.3. The Kier molecular flexibility index (Phi) is 6.34. The van der Waals surface area contributed by atoms with E-state index >= 15 is 0 Å². The van der Waals surface area contributed by atoms with Crippen molar-refractivity contribution in [3.05, 3.63) is 65.9 Å². The lowest BCUT2D eigenvalue weighted by Crippen LogP contribution is -2.17. The normalized spacial score (nSPS) is 10.5. The smallest absolute Gasteiger partial charge is 0.340 e. The van der Waals surface area contributed by atoms with Crippen LogP contribution in [-0.4, -0.2) is 23.6 Å². The van der Waals surface area contributed by atoms with E-state index in [-0.39, 0.29) is 29.2 Å². The third kappa shape index (κ3) is 4.85. The predicted octanol–water partition coefficient (Wildman–Crippen LogP) is 3.03. The van der Waals surface area contributed by atoms with Crippen LogP contribution >= 0.6 is 0 Å². The van der Waals surface area contributed by atoms with Gasteiger partial charge in [-0.05, 0) is 43.3 Å². The molecule has 2 rings (SSSR count). The van der Waals surface area contributed by atoms with Gasteiger partial charge in [-0.15, -0.1) is 0 Å². The molecule has 0 fully saturated rings. The summed E-state index contributed by atoms with van der Waals surface area (Å²) in [6.07, 6.45) is 1.24. The lowest BCUT2D eigenvalue weighted by Gasteiger charge is -2.10. The van der Waals surface area contributed by atoms with E-state index in [9.17, 15) is 20.0 Å². The molecular weight excluding hydrogens is 334 g/mol. The lowest BCUT2D eigenvalue weighted by molar-refractivity contribution is -0.112. The Morgan fingerprint density at radius 2 is 1.88 bits per heavy atom. The van der Waals surface area contributed by atoms with Gasteiger partial charge in [-0.25, -0.2) is 4.79 Å². The summed E-state index contributed by atoms with van der Waals surface area (Å²) in [4.78, 5) is 24.3. The zero-order valence-corrected chi connectivity index (χ0v) is 14.0. The summed E-state index contributed by atoms with van der Waals surface area (Å²) in [5.74, 6) is -1.13. The number of hydrogen-bond acceptors (Lipinski definition) is 6. The SMILES string of the molecule is CCOC(=O)c1ccccc1NC(=O)/C(C#N)=C\Nc1ccc(O)cc1. The molecule has 2 aromatic carbocycles. The molecule has 0 radical (unpaired) electrons. The number of esters is 1. The number of amides is 1. The number of aromatic hydroxyl groups is 1. The number of para-hydroxylation sites is 1. The maximum absolute atomic E-state index is 12.3. The number of benzene rings is 2. The number of nitrogens with one attached hydrogen (secondary N) is 2. The van der Waals surface area contributed by atoms with Crippen molar-refractivity contribution < 1.29 is 19.4 Å². The Labute approximate surface area is 150 Å². The number of carbonyl (C=O) groups excluding carboxylic acids is 2. The molecule has 26 heavy (non-hydrogen) atoms. The number of phenolic OH excluding ortho intramolecular Hbond substituents is 1. The number of nitrogens with zero attached hydrogens (tertiary/aromatic N) is 1. The predicted molar refractivity (Wildman–Crippen MR) is 96.5 cm³/mol. The average molecular weight is 351 g/mol. The highest BCUT2D eigenvalue weighted by Crippen LogP contribution is 2.18. The molecule has 0 saturated carbocycles. The Morgan fingerprint density at radius 1 is 1.19 bits per heavy atom. The molecule has 0 aliphatic rings. The second-order valence-electron chi connectivity index (χ2n) is 5.08. The Hall–Kier alpha value is -3.79. The molecule has 0 saturated heterocycles. The Balaban J connectivity index is 2.15. The van der Waals surface area contributed by atoms with Gasteiger partial charge in [-0.1, -0.05) is 12.1 Å². The molecule has 132 valence electrons. The molecule has 0 aliphatic heterocycles. The van der Waals surface area contributed by atoms with Crippen molar-refractivity contribution in [2.75, 3.05) is 17.2 Å². The van der Waals surface area contributed by atoms with Crippen LogP contribution < -0.4 is 10.6 Å². The van der Waals surface area contributed by atoms with Crippen molar-refractivity contribution in [1.29, 1.82) is 5.26 Å². The first-order chi connectivity index (χ1) is 12.5. The van der Waals surface area contributed by atoms with Crippen molar-refractivity contribution >= 4 is 23.3 Å². The second kappa shape index (κ2) is 8.89. The molecule has 0 spiro atoms. The molecule has 0 bridgehead atoms. The average Bonchev–Trinajstić information content (AvgIpc) is 2.64. The van der Waals surface area contributed by atoms with Gasteiger partial charge in [0.1, 0.15) is 17.4 Å². The number of hydrogen-bond donors (Lipinski definition) is 3. The fourth-order valence-corrected chi connectivity index (χ4v) is 2.03. The van der Waals surface area contributed by atoms with Crippen molar-refractivity contribution in [2.45, 2.75) is 6.92 Å². The van der Waals surface area contributed by atoms with Gasteiger partial charge in [0, 0.05) is 11.9 Å². The molecule has 1 amide bonds. The maximum Gasteiger partial charge on any atom is 0.340 e. The van der Waals surface area contributed by atoms with E-state index in [1.165, 1.54) is 24.4 Å². The zero-order valence-electron chi connectivity index (χ0n) is 14.0. The molecule has 0 unspecified atom stereocenters. The molecule has 3 N–H and O–H groups in total. The minimum atomic E-state index is -0.671. The number of nitriles is 1. The summed E-state index contributed by atoms with van der Waals surface area (Å²) in [5.41, 5.74) is 0.861. The maximum atomic E-state index is 12.3. The standard InChI is InChI=1S/C19H17N3O4/c1-2-26-19(25)16-5-3-4-6-17(16)22-18(24)13(11-20)12-21-14-7-9-15(23)10-8-14/h3-10,12,21,23H,2H2,1H3,(H,22,24)/b13-12-. The van der Waals surface area contributed by atoms with Crippen LogP contribution in [0.2, 0.25) is 0 Å². The second-order valence-corrected chi connectivity index (χ2v) is 5.08. The van der Waals surface area contributed by atoms with E-state index in [2.05, 4.69) is 10.6 Å². The van der Waals surface area contributed by atoms with Gasteiger partial charge in [0.2, 0.25) is 0 Å². The zero-order chi connectivity index (χ0) is 18.9. The minimum absolute atomic E-state index is 0.105.